The molecule has 92 valence electrons. The second-order valence-corrected chi connectivity index (χ2v) is 6.30. The maximum atomic E-state index is 10.4. The number of aliphatic hydroxyl groups excluding tert-OH is 1. The molecule has 0 radical (unpaired) electrons. The first-order valence-corrected chi connectivity index (χ1v) is 6.57. The second-order valence-electron chi connectivity index (χ2n) is 6.30. The summed E-state index contributed by atoms with van der Waals surface area (Å²) in [6.07, 6.45) is 1.96. The molecule has 2 atom stereocenters. The average molecular weight is 231 g/mol. The van der Waals surface area contributed by atoms with Crippen LogP contribution in [0.15, 0.2) is 24.3 Å². The summed E-state index contributed by atoms with van der Waals surface area (Å²) in [4.78, 5) is 2.48. The summed E-state index contributed by atoms with van der Waals surface area (Å²) in [6, 6.07) is 8.62. The van der Waals surface area contributed by atoms with Crippen LogP contribution in [-0.2, 0) is 6.42 Å². The predicted molar refractivity (Wildman–Crippen MR) is 68.9 cm³/mol. The standard InChI is InChI=1S/C15H21NO/c1-15(2)7-8-16(10-15)13-9-11-5-3-4-6-12(11)14(13)17/h3-6,13-14,17H,7-10H2,1-2H3. The van der Waals surface area contributed by atoms with Crippen LogP contribution >= 0.6 is 0 Å². The monoisotopic (exact) mass is 231 g/mol. The molecule has 1 fully saturated rings. The Morgan fingerprint density at radius 3 is 2.71 bits per heavy atom. The Morgan fingerprint density at radius 2 is 2.06 bits per heavy atom. The Balaban J connectivity index is 1.81. The summed E-state index contributed by atoms with van der Waals surface area (Å²) >= 11 is 0. The Kier molecular flexibility index (Phi) is 2.53. The minimum atomic E-state index is -0.292. The van der Waals surface area contributed by atoms with Crippen molar-refractivity contribution >= 4 is 0 Å². The maximum Gasteiger partial charge on any atom is 0.0951 e. The second kappa shape index (κ2) is 3.82. The van der Waals surface area contributed by atoms with Gasteiger partial charge in [0.25, 0.3) is 0 Å². The third-order valence-corrected chi connectivity index (χ3v) is 4.34. The van der Waals surface area contributed by atoms with Crippen molar-refractivity contribution in [2.45, 2.75) is 38.8 Å². The number of rotatable bonds is 1. The number of fused-ring (bicyclic) bond motifs is 1. The van der Waals surface area contributed by atoms with Crippen LogP contribution in [0, 0.1) is 5.41 Å². The molecule has 2 aliphatic rings. The van der Waals surface area contributed by atoms with Crippen molar-refractivity contribution in [3.05, 3.63) is 35.4 Å². The van der Waals surface area contributed by atoms with Gasteiger partial charge in [0.2, 0.25) is 0 Å². The molecule has 1 N–H and O–H groups in total. The van der Waals surface area contributed by atoms with Crippen molar-refractivity contribution in [3.63, 3.8) is 0 Å². The van der Waals surface area contributed by atoms with Crippen molar-refractivity contribution in [2.24, 2.45) is 5.41 Å². The fourth-order valence-electron chi connectivity index (χ4n) is 3.32. The van der Waals surface area contributed by atoms with Gasteiger partial charge in [0.05, 0.1) is 6.10 Å². The Morgan fingerprint density at radius 1 is 1.29 bits per heavy atom. The van der Waals surface area contributed by atoms with Crippen molar-refractivity contribution in [1.82, 2.24) is 4.90 Å². The molecule has 1 heterocycles. The summed E-state index contributed by atoms with van der Waals surface area (Å²) in [5.41, 5.74) is 2.88. The van der Waals surface area contributed by atoms with E-state index in [4.69, 9.17) is 0 Å². The molecule has 1 saturated heterocycles. The van der Waals surface area contributed by atoms with E-state index in [0.717, 1.165) is 25.1 Å². The Labute approximate surface area is 103 Å². The Bertz CT molecular complexity index is 427. The number of likely N-dealkylation sites (tertiary alicyclic amines) is 1. The van der Waals surface area contributed by atoms with E-state index in [-0.39, 0.29) is 6.10 Å². The van der Waals surface area contributed by atoms with Crippen LogP contribution in [0.3, 0.4) is 0 Å². The molecule has 2 nitrogen and oxygen atoms in total. The maximum absolute atomic E-state index is 10.4. The first kappa shape index (κ1) is 11.2. The van der Waals surface area contributed by atoms with E-state index >= 15 is 0 Å². The van der Waals surface area contributed by atoms with E-state index in [1.54, 1.807) is 0 Å². The molecule has 0 amide bonds. The van der Waals surface area contributed by atoms with Crippen molar-refractivity contribution < 1.29 is 5.11 Å². The van der Waals surface area contributed by atoms with Gasteiger partial charge in [0, 0.05) is 12.6 Å². The van der Waals surface area contributed by atoms with Crippen LogP contribution in [0.2, 0.25) is 0 Å². The van der Waals surface area contributed by atoms with Crippen LogP contribution in [0.5, 0.6) is 0 Å². The largest absolute Gasteiger partial charge is 0.387 e. The lowest BCUT2D eigenvalue weighted by molar-refractivity contribution is 0.0695. The van der Waals surface area contributed by atoms with Crippen LogP contribution in [0.1, 0.15) is 37.5 Å². The van der Waals surface area contributed by atoms with E-state index in [0.29, 0.717) is 11.5 Å². The highest BCUT2D eigenvalue weighted by atomic mass is 16.3. The topological polar surface area (TPSA) is 23.5 Å². The normalized spacial score (nSPS) is 31.7. The molecule has 1 aliphatic heterocycles. The molecule has 17 heavy (non-hydrogen) atoms. The molecule has 0 saturated carbocycles. The van der Waals surface area contributed by atoms with E-state index in [1.165, 1.54) is 12.0 Å². The summed E-state index contributed by atoms with van der Waals surface area (Å²) < 4.78 is 0. The number of hydrogen-bond donors (Lipinski definition) is 1. The lowest BCUT2D eigenvalue weighted by Gasteiger charge is -2.28. The fourth-order valence-corrected chi connectivity index (χ4v) is 3.32. The molecule has 0 aromatic heterocycles. The zero-order valence-corrected chi connectivity index (χ0v) is 10.7. The van der Waals surface area contributed by atoms with Crippen molar-refractivity contribution in [3.8, 4) is 0 Å². The number of benzene rings is 1. The van der Waals surface area contributed by atoms with Gasteiger partial charge in [-0.2, -0.15) is 0 Å². The minimum Gasteiger partial charge on any atom is -0.387 e. The zero-order chi connectivity index (χ0) is 12.0. The molecule has 3 rings (SSSR count). The SMILES string of the molecule is CC1(C)CCN(C2Cc3ccccc3C2O)C1. The van der Waals surface area contributed by atoms with E-state index in [9.17, 15) is 5.11 Å². The minimum absolute atomic E-state index is 0.292. The van der Waals surface area contributed by atoms with Gasteiger partial charge < -0.3 is 5.11 Å². The molecule has 1 aromatic carbocycles. The quantitative estimate of drug-likeness (QED) is 0.802. The highest BCUT2D eigenvalue weighted by molar-refractivity contribution is 5.36. The lowest BCUT2D eigenvalue weighted by Crippen LogP contribution is -2.37. The highest BCUT2D eigenvalue weighted by Crippen LogP contribution is 2.39. The van der Waals surface area contributed by atoms with Gasteiger partial charge in [-0.1, -0.05) is 38.1 Å². The highest BCUT2D eigenvalue weighted by Gasteiger charge is 2.40. The van der Waals surface area contributed by atoms with Crippen LogP contribution in [-0.4, -0.2) is 29.1 Å². The molecule has 2 unspecified atom stereocenters. The molecule has 0 bridgehead atoms. The van der Waals surface area contributed by atoms with Gasteiger partial charge >= 0.3 is 0 Å². The van der Waals surface area contributed by atoms with Gasteiger partial charge in [0.1, 0.15) is 0 Å². The van der Waals surface area contributed by atoms with E-state index in [2.05, 4.69) is 36.9 Å². The third-order valence-electron chi connectivity index (χ3n) is 4.34. The number of aliphatic hydroxyl groups is 1. The van der Waals surface area contributed by atoms with Gasteiger partial charge in [-0.3, -0.25) is 4.90 Å². The van der Waals surface area contributed by atoms with Crippen LogP contribution in [0.25, 0.3) is 0 Å². The first-order valence-electron chi connectivity index (χ1n) is 6.57. The van der Waals surface area contributed by atoms with Crippen molar-refractivity contribution in [1.29, 1.82) is 0 Å². The average Bonchev–Trinajstić information content (AvgIpc) is 2.81. The van der Waals surface area contributed by atoms with Gasteiger partial charge in [-0.25, -0.2) is 0 Å². The molecular weight excluding hydrogens is 210 g/mol. The summed E-state index contributed by atoms with van der Waals surface area (Å²) in [5, 5.41) is 10.4. The van der Waals surface area contributed by atoms with E-state index < -0.39 is 0 Å². The van der Waals surface area contributed by atoms with Crippen LogP contribution in [0.4, 0.5) is 0 Å². The summed E-state index contributed by atoms with van der Waals surface area (Å²) in [6.45, 7) is 6.88. The molecule has 2 heteroatoms. The molecule has 0 spiro atoms. The third kappa shape index (κ3) is 1.90. The smallest absolute Gasteiger partial charge is 0.0951 e. The number of nitrogens with zero attached hydrogens (tertiary/aromatic N) is 1. The van der Waals surface area contributed by atoms with Crippen molar-refractivity contribution in [2.75, 3.05) is 13.1 Å². The number of hydrogen-bond acceptors (Lipinski definition) is 2. The summed E-state index contributed by atoms with van der Waals surface area (Å²) in [7, 11) is 0. The summed E-state index contributed by atoms with van der Waals surface area (Å²) in [5.74, 6) is 0. The molecular formula is C15H21NO. The van der Waals surface area contributed by atoms with Gasteiger partial charge in [-0.15, -0.1) is 0 Å². The lowest BCUT2D eigenvalue weighted by atomic mass is 9.93. The van der Waals surface area contributed by atoms with Crippen LogP contribution < -0.4 is 0 Å². The first-order chi connectivity index (χ1) is 8.07. The van der Waals surface area contributed by atoms with Gasteiger partial charge in [0.15, 0.2) is 0 Å². The van der Waals surface area contributed by atoms with Gasteiger partial charge in [-0.05, 0) is 35.9 Å². The fraction of sp³-hybridized carbons (Fsp3) is 0.600. The van der Waals surface area contributed by atoms with E-state index in [1.807, 2.05) is 6.07 Å². The predicted octanol–water partition coefficient (Wildman–Crippen LogP) is 2.38. The molecule has 1 aromatic rings. The molecule has 1 aliphatic carbocycles. The zero-order valence-electron chi connectivity index (χ0n) is 10.7. The Hall–Kier alpha value is -0.860.